The average molecular weight is 420 g/mol. The van der Waals surface area contributed by atoms with Crippen LogP contribution in [0.3, 0.4) is 0 Å². The molecule has 0 aromatic rings. The van der Waals surface area contributed by atoms with Crippen LogP contribution in [0, 0.1) is 5.92 Å². The van der Waals surface area contributed by atoms with Gasteiger partial charge in [0.25, 0.3) is 0 Å². The highest BCUT2D eigenvalue weighted by atomic mass is 16.5. The minimum atomic E-state index is -0.297. The smallest absolute Gasteiger partial charge is 0.246 e. The van der Waals surface area contributed by atoms with E-state index in [4.69, 9.17) is 24.7 Å². The minimum Gasteiger partial charge on any atom is -0.379 e. The number of carbonyl (C=O) groups is 3. The van der Waals surface area contributed by atoms with Crippen LogP contribution < -0.4 is 16.4 Å². The molecule has 170 valence electrons. The molecule has 1 atom stereocenters. The number of hydrogen-bond acceptors (Lipinski definition) is 7. The second-order valence-corrected chi connectivity index (χ2v) is 6.41. The normalized spacial score (nSPS) is 11.8. The number of hydrogen-bond donors (Lipinski definition) is 3. The number of unbranched alkanes of at least 4 members (excludes halogenated alkanes) is 1. The van der Waals surface area contributed by atoms with Gasteiger partial charge in [-0.05, 0) is 19.8 Å². The van der Waals surface area contributed by atoms with Crippen molar-refractivity contribution in [3.63, 3.8) is 0 Å². The summed E-state index contributed by atoms with van der Waals surface area (Å²) in [5, 5.41) is 5.42. The molecule has 10 nitrogen and oxygen atoms in total. The van der Waals surface area contributed by atoms with E-state index >= 15 is 0 Å². The van der Waals surface area contributed by atoms with E-state index < -0.39 is 0 Å². The fourth-order valence-electron chi connectivity index (χ4n) is 2.12. The van der Waals surface area contributed by atoms with Crippen molar-refractivity contribution < 1.29 is 33.3 Å². The molecular formula is C19H37N3O7. The predicted molar refractivity (Wildman–Crippen MR) is 107 cm³/mol. The fraction of sp³-hybridized carbons (Fsp3) is 0.842. The Bertz CT molecular complexity index is 450. The third-order valence-corrected chi connectivity index (χ3v) is 3.85. The first-order valence-corrected chi connectivity index (χ1v) is 10.1. The predicted octanol–water partition coefficient (Wildman–Crippen LogP) is -0.403. The van der Waals surface area contributed by atoms with Crippen molar-refractivity contribution in [2.75, 3.05) is 65.9 Å². The number of nitrogens with one attached hydrogen (secondary N) is 2. The lowest BCUT2D eigenvalue weighted by atomic mass is 10.0. The van der Waals surface area contributed by atoms with Gasteiger partial charge < -0.3 is 35.3 Å². The molecule has 0 aromatic heterocycles. The number of rotatable bonds is 20. The number of ether oxygens (including phenoxy) is 4. The monoisotopic (exact) mass is 419 g/mol. The molecule has 0 saturated heterocycles. The molecule has 0 spiro atoms. The highest BCUT2D eigenvalue weighted by Gasteiger charge is 2.07. The van der Waals surface area contributed by atoms with Gasteiger partial charge in [-0.25, -0.2) is 0 Å². The highest BCUT2D eigenvalue weighted by molar-refractivity contribution is 5.77. The maximum Gasteiger partial charge on any atom is 0.246 e. The molecular weight excluding hydrogens is 382 g/mol. The van der Waals surface area contributed by atoms with E-state index in [2.05, 4.69) is 10.6 Å². The largest absolute Gasteiger partial charge is 0.379 e. The van der Waals surface area contributed by atoms with E-state index in [-0.39, 0.29) is 43.5 Å². The van der Waals surface area contributed by atoms with E-state index in [0.29, 0.717) is 46.1 Å². The van der Waals surface area contributed by atoms with Crippen molar-refractivity contribution in [1.29, 1.82) is 0 Å². The summed E-state index contributed by atoms with van der Waals surface area (Å²) in [7, 11) is 0. The lowest BCUT2D eigenvalue weighted by Gasteiger charge is -2.09. The Kier molecular flexibility index (Phi) is 18.4. The van der Waals surface area contributed by atoms with Crippen molar-refractivity contribution in [1.82, 2.24) is 10.6 Å². The Labute approximate surface area is 173 Å². The van der Waals surface area contributed by atoms with Gasteiger partial charge in [0.1, 0.15) is 13.2 Å². The molecule has 0 aliphatic heterocycles. The molecule has 0 bridgehead atoms. The molecule has 0 aliphatic rings. The molecule has 0 fully saturated rings. The SMILES string of the molecule is CCOCCOCC(=O)NCCOCCOCC(=O)NCCCC[C@H](C)C(N)=O. The van der Waals surface area contributed by atoms with E-state index in [0.717, 1.165) is 19.3 Å². The molecule has 0 aromatic carbocycles. The van der Waals surface area contributed by atoms with Crippen molar-refractivity contribution >= 4 is 17.7 Å². The molecule has 10 heteroatoms. The van der Waals surface area contributed by atoms with Crippen LogP contribution in [0.15, 0.2) is 0 Å². The van der Waals surface area contributed by atoms with Gasteiger partial charge in [-0.15, -0.1) is 0 Å². The second kappa shape index (κ2) is 19.6. The topological polar surface area (TPSA) is 138 Å². The average Bonchev–Trinajstić information content (AvgIpc) is 2.69. The van der Waals surface area contributed by atoms with Crippen LogP contribution in [0.5, 0.6) is 0 Å². The molecule has 0 heterocycles. The zero-order valence-corrected chi connectivity index (χ0v) is 17.7. The summed E-state index contributed by atoms with van der Waals surface area (Å²) in [5.74, 6) is -0.831. The molecule has 0 aliphatic carbocycles. The summed E-state index contributed by atoms with van der Waals surface area (Å²) >= 11 is 0. The number of nitrogens with two attached hydrogens (primary N) is 1. The van der Waals surface area contributed by atoms with Crippen LogP contribution in [0.25, 0.3) is 0 Å². The third-order valence-electron chi connectivity index (χ3n) is 3.85. The standard InChI is InChI=1S/C19H37N3O7/c1-3-26-10-12-28-15-18(24)22-8-9-27-11-13-29-14-17(23)21-7-5-4-6-16(2)19(20)25/h16H,3-15H2,1-2H3,(H2,20,25)(H,21,23)(H,22,24)/t16-/m0/s1. The van der Waals surface area contributed by atoms with Gasteiger partial charge in [0, 0.05) is 25.6 Å². The van der Waals surface area contributed by atoms with Gasteiger partial charge in [-0.2, -0.15) is 0 Å². The summed E-state index contributed by atoms with van der Waals surface area (Å²) in [5.41, 5.74) is 5.19. The summed E-state index contributed by atoms with van der Waals surface area (Å²) in [6.07, 6.45) is 2.34. The lowest BCUT2D eigenvalue weighted by molar-refractivity contribution is -0.127. The lowest BCUT2D eigenvalue weighted by Crippen LogP contribution is -2.31. The van der Waals surface area contributed by atoms with Crippen molar-refractivity contribution in [2.24, 2.45) is 11.7 Å². The molecule has 0 rings (SSSR count). The molecule has 3 amide bonds. The summed E-state index contributed by atoms with van der Waals surface area (Å²) < 4.78 is 20.8. The van der Waals surface area contributed by atoms with E-state index in [1.54, 1.807) is 6.92 Å². The van der Waals surface area contributed by atoms with Gasteiger partial charge in [-0.1, -0.05) is 13.3 Å². The van der Waals surface area contributed by atoms with Crippen LogP contribution in [0.2, 0.25) is 0 Å². The van der Waals surface area contributed by atoms with Gasteiger partial charge in [0.05, 0.1) is 33.0 Å². The van der Waals surface area contributed by atoms with Crippen LogP contribution in [-0.4, -0.2) is 83.7 Å². The summed E-state index contributed by atoms with van der Waals surface area (Å²) in [4.78, 5) is 33.9. The zero-order valence-electron chi connectivity index (χ0n) is 17.7. The second-order valence-electron chi connectivity index (χ2n) is 6.41. The van der Waals surface area contributed by atoms with Gasteiger partial charge in [0.15, 0.2) is 0 Å². The van der Waals surface area contributed by atoms with Crippen LogP contribution >= 0.6 is 0 Å². The van der Waals surface area contributed by atoms with Gasteiger partial charge in [0.2, 0.25) is 17.7 Å². The van der Waals surface area contributed by atoms with Crippen molar-refractivity contribution in [3.8, 4) is 0 Å². The fourth-order valence-corrected chi connectivity index (χ4v) is 2.12. The number of carbonyl (C=O) groups excluding carboxylic acids is 3. The van der Waals surface area contributed by atoms with Crippen molar-refractivity contribution in [3.05, 3.63) is 0 Å². The first kappa shape index (κ1) is 27.2. The highest BCUT2D eigenvalue weighted by Crippen LogP contribution is 2.05. The third kappa shape index (κ3) is 19.3. The first-order valence-electron chi connectivity index (χ1n) is 10.1. The maximum atomic E-state index is 11.6. The number of primary amides is 1. The summed E-state index contributed by atoms with van der Waals surface area (Å²) in [6, 6.07) is 0. The quantitative estimate of drug-likeness (QED) is 0.228. The Morgan fingerprint density at radius 2 is 1.34 bits per heavy atom. The molecule has 0 unspecified atom stereocenters. The van der Waals surface area contributed by atoms with Gasteiger partial charge in [-0.3, -0.25) is 14.4 Å². The van der Waals surface area contributed by atoms with E-state index in [1.807, 2.05) is 6.92 Å². The number of amides is 3. The zero-order chi connectivity index (χ0) is 21.7. The molecule has 0 saturated carbocycles. The first-order chi connectivity index (χ1) is 14.0. The Morgan fingerprint density at radius 1 is 0.793 bits per heavy atom. The molecule has 4 N–H and O–H groups in total. The van der Waals surface area contributed by atoms with Crippen LogP contribution in [0.4, 0.5) is 0 Å². The van der Waals surface area contributed by atoms with Crippen molar-refractivity contribution in [2.45, 2.75) is 33.1 Å². The Morgan fingerprint density at radius 3 is 1.93 bits per heavy atom. The maximum absolute atomic E-state index is 11.6. The Balaban J connectivity index is 3.34. The Hall–Kier alpha value is -1.75. The minimum absolute atomic E-state index is 0.00450. The van der Waals surface area contributed by atoms with Crippen LogP contribution in [-0.2, 0) is 33.3 Å². The molecule has 0 radical (unpaired) electrons. The van der Waals surface area contributed by atoms with Crippen LogP contribution in [0.1, 0.15) is 33.1 Å². The van der Waals surface area contributed by atoms with E-state index in [9.17, 15) is 14.4 Å². The summed E-state index contributed by atoms with van der Waals surface area (Å²) in [6.45, 7) is 7.03. The van der Waals surface area contributed by atoms with E-state index in [1.165, 1.54) is 0 Å². The molecule has 29 heavy (non-hydrogen) atoms. The van der Waals surface area contributed by atoms with Gasteiger partial charge >= 0.3 is 0 Å².